The molecular formula is C14H16ClNO5. The van der Waals surface area contributed by atoms with Gasteiger partial charge in [0.15, 0.2) is 12.2 Å². The van der Waals surface area contributed by atoms with Gasteiger partial charge in [0.1, 0.15) is 5.75 Å². The Morgan fingerprint density at radius 2 is 2.00 bits per heavy atom. The summed E-state index contributed by atoms with van der Waals surface area (Å²) >= 11 is 5.81. The molecule has 0 spiro atoms. The van der Waals surface area contributed by atoms with Crippen LogP contribution in [0.5, 0.6) is 5.75 Å². The van der Waals surface area contributed by atoms with Gasteiger partial charge in [-0.2, -0.15) is 0 Å². The number of nitrogens with zero attached hydrogens (tertiary/aromatic N) is 1. The van der Waals surface area contributed by atoms with Gasteiger partial charge in [-0.25, -0.2) is 4.79 Å². The number of rotatable bonds is 4. The highest BCUT2D eigenvalue weighted by molar-refractivity contribution is 6.30. The molecule has 1 aromatic rings. The van der Waals surface area contributed by atoms with Crippen molar-refractivity contribution in [3.63, 3.8) is 0 Å². The summed E-state index contributed by atoms with van der Waals surface area (Å²) in [7, 11) is 0. The normalized spacial score (nSPS) is 17.3. The minimum Gasteiger partial charge on any atom is -0.484 e. The fourth-order valence-electron chi connectivity index (χ4n) is 2.13. The molecule has 0 unspecified atom stereocenters. The van der Waals surface area contributed by atoms with Crippen molar-refractivity contribution in [2.45, 2.75) is 18.4 Å². The second-order valence-corrected chi connectivity index (χ2v) is 5.40. The number of piperidine rings is 1. The van der Waals surface area contributed by atoms with Gasteiger partial charge in [0.2, 0.25) is 0 Å². The van der Waals surface area contributed by atoms with E-state index in [0.29, 0.717) is 10.8 Å². The van der Waals surface area contributed by atoms with Gasteiger partial charge in [-0.1, -0.05) is 17.7 Å². The quantitative estimate of drug-likeness (QED) is 0.871. The van der Waals surface area contributed by atoms with Crippen molar-refractivity contribution in [3.8, 4) is 5.75 Å². The smallest absolute Gasteiger partial charge is 0.335 e. The van der Waals surface area contributed by atoms with Crippen LogP contribution in [0.3, 0.4) is 0 Å². The van der Waals surface area contributed by atoms with Crippen molar-refractivity contribution < 1.29 is 24.5 Å². The van der Waals surface area contributed by atoms with Gasteiger partial charge in [0, 0.05) is 31.0 Å². The van der Waals surface area contributed by atoms with E-state index in [1.165, 1.54) is 4.90 Å². The van der Waals surface area contributed by atoms with Gasteiger partial charge in [0.05, 0.1) is 0 Å². The highest BCUT2D eigenvalue weighted by Crippen LogP contribution is 2.23. The first kappa shape index (κ1) is 15.6. The summed E-state index contributed by atoms with van der Waals surface area (Å²) in [6, 6.07) is 6.72. The van der Waals surface area contributed by atoms with Crippen LogP contribution in [0.2, 0.25) is 5.02 Å². The Hall–Kier alpha value is -1.79. The van der Waals surface area contributed by atoms with E-state index in [4.69, 9.17) is 21.4 Å². The Morgan fingerprint density at radius 1 is 1.33 bits per heavy atom. The van der Waals surface area contributed by atoms with Crippen molar-refractivity contribution in [1.29, 1.82) is 0 Å². The summed E-state index contributed by atoms with van der Waals surface area (Å²) < 4.78 is 5.35. The maximum atomic E-state index is 12.0. The lowest BCUT2D eigenvalue weighted by atomic mass is 9.92. The number of carboxylic acid groups (broad SMARTS) is 1. The summed E-state index contributed by atoms with van der Waals surface area (Å²) in [6.07, 6.45) is 0.0382. The van der Waals surface area contributed by atoms with Crippen LogP contribution in [-0.2, 0) is 9.59 Å². The van der Waals surface area contributed by atoms with E-state index in [9.17, 15) is 14.7 Å². The van der Waals surface area contributed by atoms with Crippen LogP contribution >= 0.6 is 11.6 Å². The minimum absolute atomic E-state index is 0.0191. The first-order valence-electron chi connectivity index (χ1n) is 6.53. The van der Waals surface area contributed by atoms with Gasteiger partial charge in [-0.05, 0) is 18.2 Å². The summed E-state index contributed by atoms with van der Waals surface area (Å²) in [5.74, 6) is -0.998. The van der Waals surface area contributed by atoms with Gasteiger partial charge in [0.25, 0.3) is 5.91 Å². The summed E-state index contributed by atoms with van der Waals surface area (Å²) in [5, 5.41) is 19.2. The summed E-state index contributed by atoms with van der Waals surface area (Å²) in [6.45, 7) is 0.243. The Morgan fingerprint density at radius 3 is 2.57 bits per heavy atom. The van der Waals surface area contributed by atoms with Crippen molar-refractivity contribution >= 4 is 23.5 Å². The molecule has 0 atom stereocenters. The molecule has 1 heterocycles. The fraction of sp³-hybridized carbons (Fsp3) is 0.429. The number of ether oxygens (including phenoxy) is 1. The van der Waals surface area contributed by atoms with Crippen LogP contribution in [0.4, 0.5) is 0 Å². The predicted molar refractivity (Wildman–Crippen MR) is 75.3 cm³/mol. The van der Waals surface area contributed by atoms with Crippen LogP contribution in [0.15, 0.2) is 24.3 Å². The maximum Gasteiger partial charge on any atom is 0.335 e. The molecule has 6 nitrogen and oxygen atoms in total. The molecular weight excluding hydrogens is 298 g/mol. The molecule has 0 saturated carbocycles. The number of carbonyl (C=O) groups excluding carboxylic acids is 1. The summed E-state index contributed by atoms with van der Waals surface area (Å²) in [5.41, 5.74) is -1.73. The zero-order valence-electron chi connectivity index (χ0n) is 11.3. The molecule has 2 N–H and O–H groups in total. The molecule has 7 heteroatoms. The molecule has 1 saturated heterocycles. The van der Waals surface area contributed by atoms with Crippen molar-refractivity contribution in [2.24, 2.45) is 0 Å². The molecule has 1 amide bonds. The van der Waals surface area contributed by atoms with Gasteiger partial charge < -0.3 is 19.8 Å². The van der Waals surface area contributed by atoms with Crippen molar-refractivity contribution in [1.82, 2.24) is 4.90 Å². The second-order valence-electron chi connectivity index (χ2n) is 4.96. The van der Waals surface area contributed by atoms with E-state index in [0.717, 1.165) is 0 Å². The first-order chi connectivity index (χ1) is 9.90. The van der Waals surface area contributed by atoms with Crippen LogP contribution in [0.1, 0.15) is 12.8 Å². The van der Waals surface area contributed by atoms with Crippen molar-refractivity contribution in [2.75, 3.05) is 19.7 Å². The number of carbonyl (C=O) groups is 2. The maximum absolute atomic E-state index is 12.0. The van der Waals surface area contributed by atoms with E-state index in [1.807, 2.05) is 0 Å². The molecule has 2 rings (SSSR count). The summed E-state index contributed by atoms with van der Waals surface area (Å²) in [4.78, 5) is 24.4. The Kier molecular flexibility index (Phi) is 4.69. The molecule has 21 heavy (non-hydrogen) atoms. The van der Waals surface area contributed by atoms with Crippen LogP contribution in [0.25, 0.3) is 0 Å². The number of hydrogen-bond donors (Lipinski definition) is 2. The standard InChI is InChI=1S/C14H16ClNO5/c15-10-2-1-3-11(8-10)21-9-12(17)16-6-4-14(20,5-7-16)13(18)19/h1-3,8,20H,4-7,9H2,(H,18,19). The molecule has 0 bridgehead atoms. The molecule has 1 aromatic carbocycles. The van der Waals surface area contributed by atoms with E-state index >= 15 is 0 Å². The van der Waals surface area contributed by atoms with Gasteiger partial charge in [-0.15, -0.1) is 0 Å². The Balaban J connectivity index is 1.84. The highest BCUT2D eigenvalue weighted by Gasteiger charge is 2.40. The molecule has 114 valence electrons. The number of likely N-dealkylation sites (tertiary alicyclic amines) is 1. The number of hydrogen-bond acceptors (Lipinski definition) is 4. The lowest BCUT2D eigenvalue weighted by Crippen LogP contribution is -2.51. The average Bonchev–Trinajstić information content (AvgIpc) is 2.45. The molecule has 0 aliphatic carbocycles. The first-order valence-corrected chi connectivity index (χ1v) is 6.90. The Bertz CT molecular complexity index is 540. The van der Waals surface area contributed by atoms with E-state index < -0.39 is 11.6 Å². The highest BCUT2D eigenvalue weighted by atomic mass is 35.5. The third kappa shape index (κ3) is 3.86. The number of amides is 1. The predicted octanol–water partition coefficient (Wildman–Crippen LogP) is 1.16. The molecule has 1 fully saturated rings. The average molecular weight is 314 g/mol. The van der Waals surface area contributed by atoms with Gasteiger partial charge in [-0.3, -0.25) is 4.79 Å². The van der Waals surface area contributed by atoms with E-state index in [-0.39, 0.29) is 38.4 Å². The monoisotopic (exact) mass is 313 g/mol. The molecule has 0 aromatic heterocycles. The molecule has 1 aliphatic rings. The topological polar surface area (TPSA) is 87.1 Å². The van der Waals surface area contributed by atoms with Crippen molar-refractivity contribution in [3.05, 3.63) is 29.3 Å². The number of carboxylic acids is 1. The van der Waals surface area contributed by atoms with E-state index in [1.54, 1.807) is 24.3 Å². The number of aliphatic hydroxyl groups is 1. The number of aliphatic carboxylic acids is 1. The SMILES string of the molecule is O=C(COc1cccc(Cl)c1)N1CCC(O)(C(=O)O)CC1. The Labute approximate surface area is 126 Å². The third-order valence-corrected chi connectivity index (χ3v) is 3.73. The van der Waals surface area contributed by atoms with Crippen LogP contribution in [-0.4, -0.2) is 52.3 Å². The third-order valence-electron chi connectivity index (χ3n) is 3.50. The fourth-order valence-corrected chi connectivity index (χ4v) is 2.31. The minimum atomic E-state index is -1.73. The van der Waals surface area contributed by atoms with Crippen LogP contribution < -0.4 is 4.74 Å². The molecule has 0 radical (unpaired) electrons. The number of halogens is 1. The zero-order chi connectivity index (χ0) is 15.5. The lowest BCUT2D eigenvalue weighted by molar-refractivity contribution is -0.165. The zero-order valence-corrected chi connectivity index (χ0v) is 12.0. The van der Waals surface area contributed by atoms with E-state index in [2.05, 4.69) is 0 Å². The van der Waals surface area contributed by atoms with Gasteiger partial charge >= 0.3 is 5.97 Å². The lowest BCUT2D eigenvalue weighted by Gasteiger charge is -2.35. The largest absolute Gasteiger partial charge is 0.484 e. The molecule has 1 aliphatic heterocycles. The second kappa shape index (κ2) is 6.32. The van der Waals surface area contributed by atoms with Crippen LogP contribution in [0, 0.1) is 0 Å². The number of benzene rings is 1.